The van der Waals surface area contributed by atoms with E-state index >= 15 is 0 Å². The summed E-state index contributed by atoms with van der Waals surface area (Å²) in [6.45, 7) is 6.19. The number of amides is 1. The Labute approximate surface area is 161 Å². The molecule has 0 atom stereocenters. The number of hydrogen-bond donors (Lipinski definition) is 2. The molecular formula is C20H26N2O4S. The van der Waals surface area contributed by atoms with E-state index in [0.29, 0.717) is 18.0 Å². The molecule has 0 spiro atoms. The summed E-state index contributed by atoms with van der Waals surface area (Å²) in [6.07, 6.45) is 2.34. The molecule has 6 nitrogen and oxygen atoms in total. The van der Waals surface area contributed by atoms with Crippen molar-refractivity contribution in [3.8, 4) is 0 Å². The third-order valence-electron chi connectivity index (χ3n) is 4.03. The largest absolute Gasteiger partial charge is 0.449 e. The van der Waals surface area contributed by atoms with Crippen LogP contribution >= 0.6 is 0 Å². The van der Waals surface area contributed by atoms with E-state index in [2.05, 4.69) is 17.0 Å². The fraction of sp³-hybridized carbons (Fsp3) is 0.350. The standard InChI is InChI=1S/C20H26N2O4S/c1-4-5-6-13-26-20(23)21-17-9-11-18(12-10-17)27(24,25)22-19-14-15(2)7-8-16(19)3/h7-12,14,22H,4-6,13H2,1-3H3,(H,21,23). The molecule has 27 heavy (non-hydrogen) atoms. The summed E-state index contributed by atoms with van der Waals surface area (Å²) in [5.74, 6) is 0. The van der Waals surface area contributed by atoms with E-state index in [9.17, 15) is 13.2 Å². The average Bonchev–Trinajstić information content (AvgIpc) is 2.62. The highest BCUT2D eigenvalue weighted by molar-refractivity contribution is 7.92. The first-order chi connectivity index (χ1) is 12.8. The molecule has 0 aromatic heterocycles. The first-order valence-corrected chi connectivity index (χ1v) is 10.4. The number of unbranched alkanes of at least 4 members (excludes halogenated alkanes) is 2. The van der Waals surface area contributed by atoms with Gasteiger partial charge in [0, 0.05) is 5.69 Å². The van der Waals surface area contributed by atoms with Gasteiger partial charge in [0.1, 0.15) is 0 Å². The van der Waals surface area contributed by atoms with Crippen molar-refractivity contribution in [2.45, 2.75) is 44.9 Å². The Kier molecular flexibility index (Phi) is 7.24. The maximum Gasteiger partial charge on any atom is 0.411 e. The molecule has 1 amide bonds. The van der Waals surface area contributed by atoms with Gasteiger partial charge in [0.15, 0.2) is 0 Å². The number of hydrogen-bond acceptors (Lipinski definition) is 4. The van der Waals surface area contributed by atoms with Crippen LogP contribution in [0.5, 0.6) is 0 Å². The topological polar surface area (TPSA) is 84.5 Å². The Morgan fingerprint density at radius 3 is 2.41 bits per heavy atom. The van der Waals surface area contributed by atoms with Gasteiger partial charge in [-0.2, -0.15) is 0 Å². The number of carbonyl (C=O) groups excluding carboxylic acids is 1. The molecule has 2 rings (SSSR count). The van der Waals surface area contributed by atoms with Crippen molar-refractivity contribution in [2.75, 3.05) is 16.6 Å². The second kappa shape index (κ2) is 9.41. The van der Waals surface area contributed by atoms with Crippen LogP contribution < -0.4 is 10.0 Å². The number of rotatable bonds is 8. The predicted octanol–water partition coefficient (Wildman–Crippen LogP) is 4.84. The summed E-state index contributed by atoms with van der Waals surface area (Å²) >= 11 is 0. The molecule has 2 N–H and O–H groups in total. The quantitative estimate of drug-likeness (QED) is 0.632. The van der Waals surface area contributed by atoms with Crippen LogP contribution in [0.2, 0.25) is 0 Å². The molecule has 0 bridgehead atoms. The second-order valence-corrected chi connectivity index (χ2v) is 8.10. The molecule has 2 aromatic carbocycles. The summed E-state index contributed by atoms with van der Waals surface area (Å²) < 4.78 is 32.8. The summed E-state index contributed by atoms with van der Waals surface area (Å²) in [5.41, 5.74) is 2.83. The minimum absolute atomic E-state index is 0.116. The summed E-state index contributed by atoms with van der Waals surface area (Å²) in [7, 11) is -3.71. The lowest BCUT2D eigenvalue weighted by Crippen LogP contribution is -2.15. The minimum atomic E-state index is -3.71. The minimum Gasteiger partial charge on any atom is -0.449 e. The third-order valence-corrected chi connectivity index (χ3v) is 5.41. The zero-order valence-electron chi connectivity index (χ0n) is 15.9. The van der Waals surface area contributed by atoms with Crippen molar-refractivity contribution in [3.05, 3.63) is 53.6 Å². The van der Waals surface area contributed by atoms with Crippen molar-refractivity contribution >= 4 is 27.5 Å². The summed E-state index contributed by atoms with van der Waals surface area (Å²) in [4.78, 5) is 11.8. The van der Waals surface area contributed by atoms with E-state index in [-0.39, 0.29) is 4.90 Å². The molecule has 0 aliphatic carbocycles. The highest BCUT2D eigenvalue weighted by Crippen LogP contribution is 2.22. The zero-order valence-corrected chi connectivity index (χ0v) is 16.7. The predicted molar refractivity (Wildman–Crippen MR) is 108 cm³/mol. The molecular weight excluding hydrogens is 364 g/mol. The van der Waals surface area contributed by atoms with Gasteiger partial charge in [-0.15, -0.1) is 0 Å². The van der Waals surface area contributed by atoms with Gasteiger partial charge in [-0.3, -0.25) is 10.0 Å². The Balaban J connectivity index is 2.01. The molecule has 0 aliphatic rings. The van der Waals surface area contributed by atoms with Gasteiger partial charge in [0.2, 0.25) is 0 Å². The lowest BCUT2D eigenvalue weighted by molar-refractivity contribution is 0.159. The van der Waals surface area contributed by atoms with Crippen LogP contribution in [0.25, 0.3) is 0 Å². The first kappa shape index (κ1) is 20.8. The zero-order chi connectivity index (χ0) is 19.9. The van der Waals surface area contributed by atoms with Crippen molar-refractivity contribution in [2.24, 2.45) is 0 Å². The van der Waals surface area contributed by atoms with Gasteiger partial charge in [-0.05, 0) is 61.7 Å². The van der Waals surface area contributed by atoms with E-state index in [1.807, 2.05) is 26.0 Å². The molecule has 7 heteroatoms. The van der Waals surface area contributed by atoms with E-state index in [4.69, 9.17) is 4.74 Å². The number of carbonyl (C=O) groups is 1. The van der Waals surface area contributed by atoms with Crippen molar-refractivity contribution in [1.82, 2.24) is 0 Å². The number of aryl methyl sites for hydroxylation is 2. The van der Waals surface area contributed by atoms with Crippen LogP contribution in [-0.2, 0) is 14.8 Å². The third kappa shape index (κ3) is 6.29. The van der Waals surface area contributed by atoms with Crippen LogP contribution in [0.4, 0.5) is 16.2 Å². The molecule has 146 valence electrons. The Hall–Kier alpha value is -2.54. The number of ether oxygens (including phenoxy) is 1. The number of anilines is 2. The lowest BCUT2D eigenvalue weighted by Gasteiger charge is -2.12. The molecule has 0 aliphatic heterocycles. The SMILES string of the molecule is CCCCCOC(=O)Nc1ccc(S(=O)(=O)Nc2cc(C)ccc2C)cc1. The Bertz CT molecular complexity index is 877. The molecule has 0 saturated heterocycles. The monoisotopic (exact) mass is 390 g/mol. The average molecular weight is 391 g/mol. The van der Waals surface area contributed by atoms with E-state index in [1.165, 1.54) is 24.3 Å². The van der Waals surface area contributed by atoms with Crippen molar-refractivity contribution in [1.29, 1.82) is 0 Å². The van der Waals surface area contributed by atoms with E-state index in [0.717, 1.165) is 30.4 Å². The Morgan fingerprint density at radius 2 is 1.74 bits per heavy atom. The molecule has 0 heterocycles. The van der Waals surface area contributed by atoms with Gasteiger partial charge >= 0.3 is 6.09 Å². The number of benzene rings is 2. The van der Waals surface area contributed by atoms with Gasteiger partial charge in [-0.25, -0.2) is 13.2 Å². The highest BCUT2D eigenvalue weighted by Gasteiger charge is 2.15. The fourth-order valence-electron chi connectivity index (χ4n) is 2.44. The highest BCUT2D eigenvalue weighted by atomic mass is 32.2. The molecule has 0 saturated carbocycles. The molecule has 0 fully saturated rings. The number of nitrogens with one attached hydrogen (secondary N) is 2. The number of sulfonamides is 1. The fourth-order valence-corrected chi connectivity index (χ4v) is 3.56. The van der Waals surface area contributed by atoms with Crippen LogP contribution in [0, 0.1) is 13.8 Å². The first-order valence-electron chi connectivity index (χ1n) is 8.96. The lowest BCUT2D eigenvalue weighted by atomic mass is 10.1. The normalized spacial score (nSPS) is 11.1. The van der Waals surface area contributed by atoms with Crippen LogP contribution in [0.3, 0.4) is 0 Å². The van der Waals surface area contributed by atoms with E-state index < -0.39 is 16.1 Å². The summed E-state index contributed by atoms with van der Waals surface area (Å²) in [5, 5.41) is 2.59. The van der Waals surface area contributed by atoms with E-state index in [1.54, 1.807) is 6.07 Å². The molecule has 2 aromatic rings. The summed E-state index contributed by atoms with van der Waals surface area (Å²) in [6, 6.07) is 11.5. The van der Waals surface area contributed by atoms with Gasteiger partial charge in [-0.1, -0.05) is 31.9 Å². The smallest absolute Gasteiger partial charge is 0.411 e. The maximum atomic E-state index is 12.6. The van der Waals surface area contributed by atoms with Crippen LogP contribution in [0.15, 0.2) is 47.4 Å². The molecule has 0 radical (unpaired) electrons. The second-order valence-electron chi connectivity index (χ2n) is 6.42. The Morgan fingerprint density at radius 1 is 1.04 bits per heavy atom. The van der Waals surface area contributed by atoms with Gasteiger partial charge in [0.05, 0.1) is 17.2 Å². The van der Waals surface area contributed by atoms with Crippen molar-refractivity contribution < 1.29 is 17.9 Å². The maximum absolute atomic E-state index is 12.6. The van der Waals surface area contributed by atoms with Crippen molar-refractivity contribution in [3.63, 3.8) is 0 Å². The molecule has 0 unspecified atom stereocenters. The van der Waals surface area contributed by atoms with Gasteiger partial charge < -0.3 is 4.74 Å². The van der Waals surface area contributed by atoms with Crippen LogP contribution in [0.1, 0.15) is 37.3 Å². The van der Waals surface area contributed by atoms with Crippen LogP contribution in [-0.4, -0.2) is 21.1 Å². The van der Waals surface area contributed by atoms with Gasteiger partial charge in [0.25, 0.3) is 10.0 Å².